The first-order valence-corrected chi connectivity index (χ1v) is 9.31. The lowest BCUT2D eigenvalue weighted by Gasteiger charge is -2.12. The molecule has 0 bridgehead atoms. The number of carbonyl (C=O) groups excluding carboxylic acids is 1. The Morgan fingerprint density at radius 3 is 2.96 bits per heavy atom. The molecule has 0 aliphatic carbocycles. The van der Waals surface area contributed by atoms with E-state index in [1.54, 1.807) is 18.3 Å². The van der Waals surface area contributed by atoms with Gasteiger partial charge in [0.15, 0.2) is 0 Å². The second-order valence-electron chi connectivity index (χ2n) is 6.48. The molecule has 3 heterocycles. The average molecular weight is 362 g/mol. The van der Waals surface area contributed by atoms with Gasteiger partial charge in [0.05, 0.1) is 18.0 Å². The molecule has 4 rings (SSSR count). The normalized spacial score (nSPS) is 13.1. The lowest BCUT2D eigenvalue weighted by atomic mass is 10.1. The summed E-state index contributed by atoms with van der Waals surface area (Å²) in [5, 5.41) is 3.00. The first-order chi connectivity index (χ1) is 13.3. The third-order valence-corrected chi connectivity index (χ3v) is 4.66. The summed E-state index contributed by atoms with van der Waals surface area (Å²) in [5.74, 6) is 1.21. The van der Waals surface area contributed by atoms with Gasteiger partial charge >= 0.3 is 0 Å². The van der Waals surface area contributed by atoms with Crippen LogP contribution in [0.3, 0.4) is 0 Å². The van der Waals surface area contributed by atoms with Crippen molar-refractivity contribution in [2.75, 3.05) is 11.9 Å². The summed E-state index contributed by atoms with van der Waals surface area (Å²) in [6.07, 6.45) is 7.06. The molecule has 0 fully saturated rings. The minimum Gasteiger partial charge on any atom is -0.477 e. The molecule has 6 heteroatoms. The van der Waals surface area contributed by atoms with E-state index in [0.29, 0.717) is 18.1 Å². The van der Waals surface area contributed by atoms with E-state index in [2.05, 4.69) is 21.1 Å². The summed E-state index contributed by atoms with van der Waals surface area (Å²) in [4.78, 5) is 21.8. The molecule has 1 aliphatic heterocycles. The Morgan fingerprint density at radius 2 is 2.11 bits per heavy atom. The van der Waals surface area contributed by atoms with E-state index in [4.69, 9.17) is 9.72 Å². The highest BCUT2D eigenvalue weighted by Crippen LogP contribution is 2.29. The summed E-state index contributed by atoms with van der Waals surface area (Å²) in [6, 6.07) is 11.2. The fraction of sp³-hybridized carbons (Fsp3) is 0.286. The number of ether oxygens (including phenoxy) is 1. The first kappa shape index (κ1) is 17.3. The number of para-hydroxylation sites is 1. The second kappa shape index (κ2) is 7.61. The topological polar surface area (TPSA) is 69.0 Å². The zero-order chi connectivity index (χ0) is 18.6. The number of rotatable bonds is 5. The molecule has 1 aliphatic rings. The van der Waals surface area contributed by atoms with Crippen molar-refractivity contribution >= 4 is 11.6 Å². The zero-order valence-corrected chi connectivity index (χ0v) is 15.3. The standard InChI is InChI=1S/C21H22N4O2/c1-2-27-21-16(9-7-12-22-21)20(26)24-17-10-4-3-8-15(17)18-14-25-13-6-5-11-19(25)23-18/h3-4,7-10,12,14H,2,5-6,11,13H2,1H3,(H,24,26). The van der Waals surface area contributed by atoms with Crippen LogP contribution in [0.2, 0.25) is 0 Å². The fourth-order valence-electron chi connectivity index (χ4n) is 3.36. The number of nitrogens with zero attached hydrogens (tertiary/aromatic N) is 3. The molecule has 1 amide bonds. The van der Waals surface area contributed by atoms with Crippen molar-refractivity contribution in [3.05, 3.63) is 60.2 Å². The predicted molar refractivity (Wildman–Crippen MR) is 104 cm³/mol. The molecule has 0 saturated carbocycles. The van der Waals surface area contributed by atoms with Gasteiger partial charge in [-0.15, -0.1) is 0 Å². The number of amides is 1. The molecule has 138 valence electrons. The maximum atomic E-state index is 12.8. The van der Waals surface area contributed by atoms with E-state index in [1.807, 2.05) is 31.2 Å². The van der Waals surface area contributed by atoms with Gasteiger partial charge in [-0.1, -0.05) is 18.2 Å². The zero-order valence-electron chi connectivity index (χ0n) is 15.3. The number of carbonyl (C=O) groups is 1. The molecule has 1 aromatic carbocycles. The highest BCUT2D eigenvalue weighted by atomic mass is 16.5. The molecule has 0 unspecified atom stereocenters. The minimum absolute atomic E-state index is 0.247. The highest BCUT2D eigenvalue weighted by Gasteiger charge is 2.18. The fourth-order valence-corrected chi connectivity index (χ4v) is 3.36. The summed E-state index contributed by atoms with van der Waals surface area (Å²) >= 11 is 0. The number of nitrogens with one attached hydrogen (secondary N) is 1. The van der Waals surface area contributed by atoms with E-state index < -0.39 is 0 Å². The van der Waals surface area contributed by atoms with Gasteiger partial charge in [0.1, 0.15) is 11.4 Å². The van der Waals surface area contributed by atoms with Crippen LogP contribution in [0, 0.1) is 0 Å². The molecule has 0 spiro atoms. The van der Waals surface area contributed by atoms with Gasteiger partial charge in [0, 0.05) is 30.9 Å². The smallest absolute Gasteiger partial charge is 0.261 e. The van der Waals surface area contributed by atoms with Gasteiger partial charge in [-0.2, -0.15) is 0 Å². The highest BCUT2D eigenvalue weighted by molar-refractivity contribution is 6.07. The molecule has 0 atom stereocenters. The molecule has 0 radical (unpaired) electrons. The Balaban J connectivity index is 1.64. The molecular weight excluding hydrogens is 340 g/mol. The average Bonchev–Trinajstić information content (AvgIpc) is 3.13. The Labute approximate surface area is 158 Å². The molecule has 2 aromatic heterocycles. The SMILES string of the molecule is CCOc1ncccc1C(=O)Nc1ccccc1-c1cn2c(n1)CCCC2. The molecule has 27 heavy (non-hydrogen) atoms. The number of pyridine rings is 1. The molecule has 1 N–H and O–H groups in total. The van der Waals surface area contributed by atoms with Gasteiger partial charge in [0.25, 0.3) is 5.91 Å². The predicted octanol–water partition coefficient (Wildman–Crippen LogP) is 3.93. The Hall–Kier alpha value is -3.15. The number of anilines is 1. The minimum atomic E-state index is -0.247. The Kier molecular flexibility index (Phi) is 4.87. The van der Waals surface area contributed by atoms with Crippen LogP contribution in [0.25, 0.3) is 11.3 Å². The summed E-state index contributed by atoms with van der Waals surface area (Å²) in [5.41, 5.74) is 2.94. The second-order valence-corrected chi connectivity index (χ2v) is 6.48. The van der Waals surface area contributed by atoms with Crippen molar-refractivity contribution < 1.29 is 9.53 Å². The van der Waals surface area contributed by atoms with Crippen LogP contribution in [0.1, 0.15) is 35.9 Å². The summed E-state index contributed by atoms with van der Waals surface area (Å²) in [6.45, 7) is 3.32. The van der Waals surface area contributed by atoms with Crippen molar-refractivity contribution in [1.29, 1.82) is 0 Å². The van der Waals surface area contributed by atoms with Gasteiger partial charge in [-0.05, 0) is 38.0 Å². The largest absolute Gasteiger partial charge is 0.477 e. The number of hydrogen-bond acceptors (Lipinski definition) is 4. The van der Waals surface area contributed by atoms with E-state index in [0.717, 1.165) is 35.7 Å². The number of benzene rings is 1. The Bertz CT molecular complexity index is 941. The maximum Gasteiger partial charge on any atom is 0.261 e. The van der Waals surface area contributed by atoms with E-state index >= 15 is 0 Å². The number of aryl methyl sites for hydroxylation is 2. The summed E-state index contributed by atoms with van der Waals surface area (Å²) in [7, 11) is 0. The van der Waals surface area contributed by atoms with Crippen LogP contribution in [0.15, 0.2) is 48.8 Å². The first-order valence-electron chi connectivity index (χ1n) is 9.31. The number of aromatic nitrogens is 3. The van der Waals surface area contributed by atoms with Crippen LogP contribution >= 0.6 is 0 Å². The van der Waals surface area contributed by atoms with Crippen LogP contribution in [0.4, 0.5) is 5.69 Å². The van der Waals surface area contributed by atoms with Crippen molar-refractivity contribution in [1.82, 2.24) is 14.5 Å². The quantitative estimate of drug-likeness (QED) is 0.747. The summed E-state index contributed by atoms with van der Waals surface area (Å²) < 4.78 is 7.69. The van der Waals surface area contributed by atoms with E-state index in [1.165, 1.54) is 12.8 Å². The number of fused-ring (bicyclic) bond motifs is 1. The van der Waals surface area contributed by atoms with Gasteiger partial charge in [-0.25, -0.2) is 9.97 Å². The van der Waals surface area contributed by atoms with Crippen molar-refractivity contribution in [2.45, 2.75) is 32.7 Å². The third-order valence-electron chi connectivity index (χ3n) is 4.66. The molecular formula is C21H22N4O2. The van der Waals surface area contributed by atoms with Crippen LogP contribution in [-0.4, -0.2) is 27.0 Å². The molecule has 0 saturated heterocycles. The van der Waals surface area contributed by atoms with Crippen molar-refractivity contribution in [2.24, 2.45) is 0 Å². The lowest BCUT2D eigenvalue weighted by Crippen LogP contribution is -2.15. The van der Waals surface area contributed by atoms with Gasteiger partial charge < -0.3 is 14.6 Å². The lowest BCUT2D eigenvalue weighted by molar-refractivity contribution is 0.102. The van der Waals surface area contributed by atoms with Gasteiger partial charge in [0.2, 0.25) is 5.88 Å². The Morgan fingerprint density at radius 1 is 1.22 bits per heavy atom. The molecule has 3 aromatic rings. The maximum absolute atomic E-state index is 12.8. The number of hydrogen-bond donors (Lipinski definition) is 1. The monoisotopic (exact) mass is 362 g/mol. The van der Waals surface area contributed by atoms with Gasteiger partial charge in [-0.3, -0.25) is 4.79 Å². The van der Waals surface area contributed by atoms with Crippen molar-refractivity contribution in [3.8, 4) is 17.1 Å². The van der Waals surface area contributed by atoms with Crippen LogP contribution < -0.4 is 10.1 Å². The van der Waals surface area contributed by atoms with E-state index in [9.17, 15) is 4.79 Å². The van der Waals surface area contributed by atoms with Crippen LogP contribution in [0.5, 0.6) is 5.88 Å². The number of imidazole rings is 1. The third kappa shape index (κ3) is 3.56. The molecule has 6 nitrogen and oxygen atoms in total. The van der Waals surface area contributed by atoms with Crippen molar-refractivity contribution in [3.63, 3.8) is 0 Å². The van der Waals surface area contributed by atoms with E-state index in [-0.39, 0.29) is 5.91 Å². The van der Waals surface area contributed by atoms with Crippen LogP contribution in [-0.2, 0) is 13.0 Å².